The molecule has 0 aliphatic carbocycles. The summed E-state index contributed by atoms with van der Waals surface area (Å²) in [4.78, 5) is 14.3. The molecule has 0 radical (unpaired) electrons. The molecular formula is C21H45N5. The zero-order chi connectivity index (χ0) is 19.6. The van der Waals surface area contributed by atoms with E-state index in [9.17, 15) is 0 Å². The fraction of sp³-hybridized carbons (Fsp3) is 0.905. The predicted molar refractivity (Wildman–Crippen MR) is 117 cm³/mol. The molecule has 5 nitrogen and oxygen atoms in total. The van der Waals surface area contributed by atoms with Crippen LogP contribution < -0.4 is 5.32 Å². The van der Waals surface area contributed by atoms with Crippen LogP contribution in [0.2, 0.25) is 0 Å². The van der Waals surface area contributed by atoms with Gasteiger partial charge in [0.25, 0.3) is 0 Å². The number of hydrogen-bond acceptors (Lipinski definition) is 2. The van der Waals surface area contributed by atoms with Crippen molar-refractivity contribution in [2.45, 2.75) is 86.0 Å². The Bertz CT molecular complexity index is 371. The fourth-order valence-electron chi connectivity index (χ4n) is 2.78. The molecule has 0 aromatic heterocycles. The third kappa shape index (κ3) is 10.7. The quantitative estimate of drug-likeness (QED) is 0.377. The highest BCUT2D eigenvalue weighted by atomic mass is 15.4. The third-order valence-electron chi connectivity index (χ3n) is 4.36. The van der Waals surface area contributed by atoms with Crippen LogP contribution in [0.1, 0.15) is 86.0 Å². The Morgan fingerprint density at radius 2 is 1.15 bits per heavy atom. The number of hydrogen-bond donors (Lipinski definition) is 1. The van der Waals surface area contributed by atoms with E-state index in [1.165, 1.54) is 38.5 Å². The topological polar surface area (TPSA) is 43.2 Å². The molecule has 0 heterocycles. The molecule has 0 bridgehead atoms. The van der Waals surface area contributed by atoms with Crippen molar-refractivity contribution >= 4 is 11.9 Å². The van der Waals surface area contributed by atoms with E-state index < -0.39 is 0 Å². The molecule has 5 heteroatoms. The van der Waals surface area contributed by atoms with E-state index >= 15 is 0 Å². The molecule has 0 aromatic rings. The smallest absolute Gasteiger partial charge is 0.200 e. The van der Waals surface area contributed by atoms with Crippen LogP contribution in [0.3, 0.4) is 0 Å². The first-order chi connectivity index (χ1) is 12.7. The van der Waals surface area contributed by atoms with Crippen molar-refractivity contribution in [3.8, 4) is 0 Å². The molecule has 0 aliphatic rings. The first-order valence-electron chi connectivity index (χ1n) is 11.0. The van der Waals surface area contributed by atoms with Crippen LogP contribution in [-0.2, 0) is 0 Å². The Morgan fingerprint density at radius 3 is 1.54 bits per heavy atom. The molecule has 0 saturated heterocycles. The number of nitrogens with zero attached hydrogens (tertiary/aromatic N) is 4. The highest BCUT2D eigenvalue weighted by Crippen LogP contribution is 2.03. The SMILES string of the molecule is CCCCN(CCC)C(=NC)NC(=NCCC)N(CCCC)CCCC. The first-order valence-corrected chi connectivity index (χ1v) is 11.0. The van der Waals surface area contributed by atoms with Gasteiger partial charge in [-0.25, -0.2) is 0 Å². The van der Waals surface area contributed by atoms with E-state index in [0.717, 1.165) is 57.5 Å². The van der Waals surface area contributed by atoms with Crippen molar-refractivity contribution in [2.24, 2.45) is 9.98 Å². The lowest BCUT2D eigenvalue weighted by atomic mass is 10.2. The molecule has 0 unspecified atom stereocenters. The zero-order valence-electron chi connectivity index (χ0n) is 18.5. The molecule has 0 fully saturated rings. The third-order valence-corrected chi connectivity index (χ3v) is 4.36. The Labute approximate surface area is 163 Å². The standard InChI is InChI=1S/C21H45N5/c1-7-12-17-25(16-11-5)20(22-6)24-21(23-15-10-4)26(18-13-8-2)19-14-9-3/h7-19H2,1-6H3,(H,22,23,24). The van der Waals surface area contributed by atoms with Crippen LogP contribution in [0, 0.1) is 0 Å². The molecule has 1 N–H and O–H groups in total. The van der Waals surface area contributed by atoms with Crippen molar-refractivity contribution in [1.82, 2.24) is 15.1 Å². The average Bonchev–Trinajstić information content (AvgIpc) is 2.66. The molecule has 0 aromatic carbocycles. The first kappa shape index (κ1) is 24.7. The Morgan fingerprint density at radius 1 is 0.654 bits per heavy atom. The van der Waals surface area contributed by atoms with Crippen LogP contribution in [0.25, 0.3) is 0 Å². The van der Waals surface area contributed by atoms with Crippen LogP contribution in [0.5, 0.6) is 0 Å². The van der Waals surface area contributed by atoms with Gasteiger partial charge < -0.3 is 9.80 Å². The van der Waals surface area contributed by atoms with E-state index in [4.69, 9.17) is 4.99 Å². The summed E-state index contributed by atoms with van der Waals surface area (Å²) in [6, 6.07) is 0. The lowest BCUT2D eigenvalue weighted by Gasteiger charge is -2.31. The minimum atomic E-state index is 0.858. The van der Waals surface area contributed by atoms with Gasteiger partial charge in [-0.15, -0.1) is 0 Å². The van der Waals surface area contributed by atoms with Gasteiger partial charge in [-0.2, -0.15) is 0 Å². The zero-order valence-corrected chi connectivity index (χ0v) is 18.5. The van der Waals surface area contributed by atoms with Crippen LogP contribution in [0.15, 0.2) is 9.98 Å². The van der Waals surface area contributed by atoms with E-state index in [-0.39, 0.29) is 0 Å². The van der Waals surface area contributed by atoms with Crippen LogP contribution >= 0.6 is 0 Å². The molecule has 0 amide bonds. The largest absolute Gasteiger partial charge is 0.343 e. The van der Waals surface area contributed by atoms with Gasteiger partial charge in [-0.1, -0.05) is 53.9 Å². The monoisotopic (exact) mass is 367 g/mol. The van der Waals surface area contributed by atoms with Gasteiger partial charge in [0.2, 0.25) is 11.9 Å². The van der Waals surface area contributed by atoms with Gasteiger partial charge in [0, 0.05) is 39.8 Å². The predicted octanol–water partition coefficient (Wildman–Crippen LogP) is 4.74. The fourth-order valence-corrected chi connectivity index (χ4v) is 2.78. The van der Waals surface area contributed by atoms with E-state index in [1.807, 2.05) is 7.05 Å². The molecule has 0 atom stereocenters. The summed E-state index contributed by atoms with van der Waals surface area (Å²) in [6.45, 7) is 16.2. The van der Waals surface area contributed by atoms with Crippen molar-refractivity contribution in [1.29, 1.82) is 0 Å². The van der Waals surface area contributed by atoms with Gasteiger partial charge in [0.05, 0.1) is 0 Å². The van der Waals surface area contributed by atoms with Crippen molar-refractivity contribution in [2.75, 3.05) is 39.8 Å². The maximum Gasteiger partial charge on any atom is 0.200 e. The molecule has 0 rings (SSSR count). The maximum atomic E-state index is 4.88. The van der Waals surface area contributed by atoms with Gasteiger partial charge in [0.1, 0.15) is 0 Å². The normalized spacial score (nSPS) is 12.4. The second-order valence-corrected chi connectivity index (χ2v) is 6.91. The summed E-state index contributed by atoms with van der Waals surface area (Å²) >= 11 is 0. The van der Waals surface area contributed by atoms with E-state index in [2.05, 4.69) is 54.7 Å². The van der Waals surface area contributed by atoms with Crippen LogP contribution in [0.4, 0.5) is 0 Å². The minimum Gasteiger partial charge on any atom is -0.343 e. The van der Waals surface area contributed by atoms with Crippen molar-refractivity contribution in [3.63, 3.8) is 0 Å². The number of aliphatic imine (C=N–C) groups is 2. The minimum absolute atomic E-state index is 0.858. The molecule has 0 saturated carbocycles. The van der Waals surface area contributed by atoms with Gasteiger partial charge in [0.15, 0.2) is 0 Å². The van der Waals surface area contributed by atoms with Crippen LogP contribution in [-0.4, -0.2) is 61.5 Å². The number of rotatable bonds is 13. The van der Waals surface area contributed by atoms with Gasteiger partial charge >= 0.3 is 0 Å². The van der Waals surface area contributed by atoms with Crippen molar-refractivity contribution < 1.29 is 0 Å². The molecular weight excluding hydrogens is 322 g/mol. The summed E-state index contributed by atoms with van der Waals surface area (Å²) in [5.41, 5.74) is 0. The molecule has 26 heavy (non-hydrogen) atoms. The number of unbranched alkanes of at least 4 members (excludes halogenated alkanes) is 3. The maximum absolute atomic E-state index is 4.88. The summed E-state index contributed by atoms with van der Waals surface area (Å²) in [5.74, 6) is 1.97. The lowest BCUT2D eigenvalue weighted by molar-refractivity contribution is 0.375. The molecule has 0 aliphatic heterocycles. The second-order valence-electron chi connectivity index (χ2n) is 6.91. The highest BCUT2D eigenvalue weighted by Gasteiger charge is 2.16. The highest BCUT2D eigenvalue weighted by molar-refractivity contribution is 5.98. The van der Waals surface area contributed by atoms with E-state index in [1.54, 1.807) is 0 Å². The van der Waals surface area contributed by atoms with Gasteiger partial charge in [-0.05, 0) is 32.1 Å². The molecule has 154 valence electrons. The second kappa shape index (κ2) is 17.2. The lowest BCUT2D eigenvalue weighted by Crippen LogP contribution is -2.51. The number of guanidine groups is 2. The van der Waals surface area contributed by atoms with E-state index in [0.29, 0.717) is 0 Å². The Balaban J connectivity index is 5.31. The van der Waals surface area contributed by atoms with Gasteiger partial charge in [-0.3, -0.25) is 15.3 Å². The number of nitrogens with one attached hydrogen (secondary N) is 1. The van der Waals surface area contributed by atoms with Crippen molar-refractivity contribution in [3.05, 3.63) is 0 Å². The summed E-state index contributed by atoms with van der Waals surface area (Å²) in [6.07, 6.45) is 9.39. The molecule has 0 spiro atoms. The average molecular weight is 368 g/mol. The Hall–Kier alpha value is -1.26. The summed E-state index contributed by atoms with van der Waals surface area (Å²) < 4.78 is 0. The summed E-state index contributed by atoms with van der Waals surface area (Å²) in [5, 5.41) is 3.60. The summed E-state index contributed by atoms with van der Waals surface area (Å²) in [7, 11) is 1.89. The Kier molecular flexibility index (Phi) is 16.3.